The first-order valence-corrected chi connectivity index (χ1v) is 7.99. The second-order valence-electron chi connectivity index (χ2n) is 5.65. The van der Waals surface area contributed by atoms with Gasteiger partial charge in [-0.1, -0.05) is 0 Å². The number of aromatic nitrogens is 2. The zero-order valence-electron chi connectivity index (χ0n) is 13.4. The molecule has 1 saturated heterocycles. The number of amides is 1. The smallest absolute Gasteiger partial charge is 0.271 e. The first-order chi connectivity index (χ1) is 11.7. The molecular formula is C17H20FN5O. The van der Waals surface area contributed by atoms with Crippen LogP contribution < -0.4 is 10.2 Å². The van der Waals surface area contributed by atoms with Gasteiger partial charge in [-0.05, 0) is 24.3 Å². The molecule has 0 spiro atoms. The largest absolute Gasteiger partial charge is 0.369 e. The number of hydrogen-bond acceptors (Lipinski definition) is 5. The molecule has 1 N–H and O–H groups in total. The third kappa shape index (κ3) is 4.26. The molecule has 6 nitrogen and oxygen atoms in total. The summed E-state index contributed by atoms with van der Waals surface area (Å²) >= 11 is 0. The van der Waals surface area contributed by atoms with Crippen molar-refractivity contribution in [2.45, 2.75) is 0 Å². The highest BCUT2D eigenvalue weighted by Gasteiger charge is 2.17. The Hall–Kier alpha value is -2.54. The lowest BCUT2D eigenvalue weighted by Crippen LogP contribution is -2.48. The normalized spacial score (nSPS) is 15.3. The summed E-state index contributed by atoms with van der Waals surface area (Å²) in [4.78, 5) is 24.3. The third-order valence-electron chi connectivity index (χ3n) is 4.07. The molecule has 2 aromatic rings. The van der Waals surface area contributed by atoms with E-state index in [1.54, 1.807) is 0 Å². The number of rotatable bonds is 5. The fourth-order valence-electron chi connectivity index (χ4n) is 2.72. The molecular weight excluding hydrogens is 309 g/mol. The number of carbonyl (C=O) groups is 1. The van der Waals surface area contributed by atoms with Gasteiger partial charge in [-0.25, -0.2) is 9.37 Å². The minimum Gasteiger partial charge on any atom is -0.369 e. The van der Waals surface area contributed by atoms with Gasteiger partial charge in [0.15, 0.2) is 0 Å². The van der Waals surface area contributed by atoms with E-state index >= 15 is 0 Å². The van der Waals surface area contributed by atoms with E-state index in [4.69, 9.17) is 0 Å². The summed E-state index contributed by atoms with van der Waals surface area (Å²) in [7, 11) is 0. The lowest BCUT2D eigenvalue weighted by molar-refractivity contribution is 0.0942. The van der Waals surface area contributed by atoms with Crippen LogP contribution in [0.2, 0.25) is 0 Å². The summed E-state index contributed by atoms with van der Waals surface area (Å²) in [5.41, 5.74) is 1.38. The number of piperazine rings is 1. The Bertz CT molecular complexity index is 656. The van der Waals surface area contributed by atoms with Crippen molar-refractivity contribution in [2.75, 3.05) is 44.2 Å². The molecule has 0 saturated carbocycles. The van der Waals surface area contributed by atoms with Crippen molar-refractivity contribution in [3.8, 4) is 0 Å². The molecule has 0 aliphatic carbocycles. The Balaban J connectivity index is 1.39. The van der Waals surface area contributed by atoms with E-state index in [1.165, 1.54) is 30.7 Å². The Kier molecular flexibility index (Phi) is 5.32. The van der Waals surface area contributed by atoms with Crippen LogP contribution in [-0.4, -0.2) is 60.0 Å². The zero-order chi connectivity index (χ0) is 16.8. The topological polar surface area (TPSA) is 61.4 Å². The van der Waals surface area contributed by atoms with Crippen LogP contribution in [0, 0.1) is 5.82 Å². The highest BCUT2D eigenvalue weighted by atomic mass is 19.1. The SMILES string of the molecule is O=C(NCCN1CCN(c2ccc(F)cc2)CC1)c1cnccn1. The van der Waals surface area contributed by atoms with Crippen LogP contribution in [-0.2, 0) is 0 Å². The molecule has 3 rings (SSSR count). The molecule has 24 heavy (non-hydrogen) atoms. The van der Waals surface area contributed by atoms with E-state index in [0.29, 0.717) is 12.2 Å². The molecule has 126 valence electrons. The fraction of sp³-hybridized carbons (Fsp3) is 0.353. The van der Waals surface area contributed by atoms with Crippen LogP contribution in [0.3, 0.4) is 0 Å². The van der Waals surface area contributed by atoms with E-state index in [0.717, 1.165) is 38.4 Å². The maximum absolute atomic E-state index is 13.0. The Labute approximate surface area is 140 Å². The summed E-state index contributed by atoms with van der Waals surface area (Å²) in [6, 6.07) is 6.60. The van der Waals surface area contributed by atoms with Crippen molar-refractivity contribution in [2.24, 2.45) is 0 Å². The Morgan fingerprint density at radius 2 is 1.88 bits per heavy atom. The number of hydrogen-bond donors (Lipinski definition) is 1. The summed E-state index contributed by atoms with van der Waals surface area (Å²) in [5.74, 6) is -0.413. The molecule has 0 bridgehead atoms. The van der Waals surface area contributed by atoms with Gasteiger partial charge in [0.2, 0.25) is 0 Å². The number of nitrogens with zero attached hydrogens (tertiary/aromatic N) is 4. The van der Waals surface area contributed by atoms with Crippen molar-refractivity contribution >= 4 is 11.6 Å². The minimum atomic E-state index is -0.212. The quantitative estimate of drug-likeness (QED) is 0.892. The van der Waals surface area contributed by atoms with E-state index in [9.17, 15) is 9.18 Å². The second-order valence-corrected chi connectivity index (χ2v) is 5.65. The van der Waals surface area contributed by atoms with E-state index < -0.39 is 0 Å². The van der Waals surface area contributed by atoms with E-state index in [1.807, 2.05) is 12.1 Å². The molecule has 1 amide bonds. The van der Waals surface area contributed by atoms with Gasteiger partial charge in [0, 0.05) is 57.3 Å². The maximum Gasteiger partial charge on any atom is 0.271 e. The van der Waals surface area contributed by atoms with Crippen LogP contribution in [0.1, 0.15) is 10.5 Å². The van der Waals surface area contributed by atoms with Gasteiger partial charge < -0.3 is 10.2 Å². The third-order valence-corrected chi connectivity index (χ3v) is 4.07. The predicted molar refractivity (Wildman–Crippen MR) is 89.4 cm³/mol. The van der Waals surface area contributed by atoms with Crippen LogP contribution in [0.4, 0.5) is 10.1 Å². The molecule has 1 aliphatic rings. The molecule has 1 aromatic carbocycles. The van der Waals surface area contributed by atoms with Crippen molar-refractivity contribution in [3.05, 3.63) is 54.4 Å². The molecule has 0 radical (unpaired) electrons. The molecule has 0 atom stereocenters. The molecule has 0 unspecified atom stereocenters. The minimum absolute atomic E-state index is 0.201. The van der Waals surface area contributed by atoms with Crippen molar-refractivity contribution < 1.29 is 9.18 Å². The van der Waals surface area contributed by atoms with Crippen LogP contribution in [0.15, 0.2) is 42.9 Å². The average Bonchev–Trinajstić information content (AvgIpc) is 2.64. The second kappa shape index (κ2) is 7.83. The number of anilines is 1. The van der Waals surface area contributed by atoms with Crippen molar-refractivity contribution in [1.82, 2.24) is 20.2 Å². The van der Waals surface area contributed by atoms with Gasteiger partial charge in [0.1, 0.15) is 11.5 Å². The van der Waals surface area contributed by atoms with Gasteiger partial charge in [-0.15, -0.1) is 0 Å². The van der Waals surface area contributed by atoms with Crippen molar-refractivity contribution in [1.29, 1.82) is 0 Å². The first-order valence-electron chi connectivity index (χ1n) is 7.99. The lowest BCUT2D eigenvalue weighted by atomic mass is 10.2. The Morgan fingerprint density at radius 3 is 2.54 bits per heavy atom. The highest BCUT2D eigenvalue weighted by molar-refractivity contribution is 5.91. The summed E-state index contributed by atoms with van der Waals surface area (Å²) in [6.07, 6.45) is 4.50. The monoisotopic (exact) mass is 329 g/mol. The van der Waals surface area contributed by atoms with Crippen LogP contribution >= 0.6 is 0 Å². The summed E-state index contributed by atoms with van der Waals surface area (Å²) in [5, 5.41) is 2.86. The number of benzene rings is 1. The molecule has 1 fully saturated rings. The number of carbonyl (C=O) groups excluding carboxylic acids is 1. The van der Waals surface area contributed by atoms with Crippen LogP contribution in [0.25, 0.3) is 0 Å². The van der Waals surface area contributed by atoms with Crippen molar-refractivity contribution in [3.63, 3.8) is 0 Å². The highest BCUT2D eigenvalue weighted by Crippen LogP contribution is 2.16. The average molecular weight is 329 g/mol. The lowest BCUT2D eigenvalue weighted by Gasteiger charge is -2.36. The number of nitrogens with one attached hydrogen (secondary N) is 1. The van der Waals surface area contributed by atoms with Crippen LogP contribution in [0.5, 0.6) is 0 Å². The van der Waals surface area contributed by atoms with E-state index in [2.05, 4.69) is 25.1 Å². The van der Waals surface area contributed by atoms with Gasteiger partial charge in [-0.2, -0.15) is 0 Å². The standard InChI is InChI=1S/C17H20FN5O/c18-14-1-3-15(4-2-14)23-11-9-22(10-12-23)8-7-21-17(24)16-13-19-5-6-20-16/h1-6,13H,7-12H2,(H,21,24). The molecule has 1 aromatic heterocycles. The molecule has 7 heteroatoms. The Morgan fingerprint density at radius 1 is 1.12 bits per heavy atom. The van der Waals surface area contributed by atoms with Gasteiger partial charge in [0.25, 0.3) is 5.91 Å². The van der Waals surface area contributed by atoms with Gasteiger partial charge >= 0.3 is 0 Å². The molecule has 1 aliphatic heterocycles. The predicted octanol–water partition coefficient (Wildman–Crippen LogP) is 1.17. The van der Waals surface area contributed by atoms with Gasteiger partial charge in [0.05, 0.1) is 6.20 Å². The van der Waals surface area contributed by atoms with E-state index in [-0.39, 0.29) is 11.7 Å². The molecule has 2 heterocycles. The van der Waals surface area contributed by atoms with Gasteiger partial charge in [-0.3, -0.25) is 14.7 Å². The fourth-order valence-corrected chi connectivity index (χ4v) is 2.72. The summed E-state index contributed by atoms with van der Waals surface area (Å²) in [6.45, 7) is 4.99. The first kappa shape index (κ1) is 16.3. The number of halogens is 1. The zero-order valence-corrected chi connectivity index (χ0v) is 13.4. The maximum atomic E-state index is 13.0. The summed E-state index contributed by atoms with van der Waals surface area (Å²) < 4.78 is 13.0.